The molecule has 0 radical (unpaired) electrons. The van der Waals surface area contributed by atoms with Gasteiger partial charge in [0.2, 0.25) is 0 Å². The summed E-state index contributed by atoms with van der Waals surface area (Å²) in [6, 6.07) is 19.7. The second kappa shape index (κ2) is 8.05. The minimum atomic E-state index is -0.0536. The lowest BCUT2D eigenvalue weighted by atomic mass is 10.2. The molecule has 138 valence electrons. The molecule has 6 heteroatoms. The second-order valence-corrected chi connectivity index (χ2v) is 6.56. The molecule has 4 rings (SSSR count). The molecule has 1 amide bonds. The summed E-state index contributed by atoms with van der Waals surface area (Å²) in [6.07, 6.45) is 3.31. The molecular weight excluding hydrogens is 340 g/mol. The maximum absolute atomic E-state index is 12.3. The summed E-state index contributed by atoms with van der Waals surface area (Å²) >= 11 is 0. The van der Waals surface area contributed by atoms with Gasteiger partial charge >= 0.3 is 6.03 Å². The van der Waals surface area contributed by atoms with Crippen molar-refractivity contribution < 1.29 is 9.53 Å². The van der Waals surface area contributed by atoms with Crippen molar-refractivity contribution in [3.8, 4) is 11.5 Å². The van der Waals surface area contributed by atoms with E-state index >= 15 is 0 Å². The molecule has 0 aliphatic carbocycles. The van der Waals surface area contributed by atoms with Crippen LogP contribution in [0.25, 0.3) is 0 Å². The molecule has 0 atom stereocenters. The lowest BCUT2D eigenvalue weighted by molar-refractivity contribution is 0.134. The number of hydrogen-bond donors (Lipinski definition) is 0. The van der Waals surface area contributed by atoms with Gasteiger partial charge in [0.15, 0.2) is 0 Å². The normalized spacial score (nSPS) is 14.9. The third kappa shape index (κ3) is 4.35. The predicted molar refractivity (Wildman–Crippen MR) is 103 cm³/mol. The van der Waals surface area contributed by atoms with Crippen LogP contribution in [0.3, 0.4) is 0 Å². The summed E-state index contributed by atoms with van der Waals surface area (Å²) in [5.41, 5.74) is 1.24. The lowest BCUT2D eigenvalue weighted by Crippen LogP contribution is -2.49. The maximum Gasteiger partial charge on any atom is 0.344 e. The van der Waals surface area contributed by atoms with Gasteiger partial charge in [0.25, 0.3) is 0 Å². The molecular formula is C21H22N4O2. The van der Waals surface area contributed by atoms with Crippen LogP contribution in [0.5, 0.6) is 11.5 Å². The highest BCUT2D eigenvalue weighted by molar-refractivity contribution is 5.75. The van der Waals surface area contributed by atoms with E-state index in [1.54, 1.807) is 18.5 Å². The third-order valence-electron chi connectivity index (χ3n) is 4.65. The molecule has 1 fully saturated rings. The Morgan fingerprint density at radius 1 is 0.889 bits per heavy atom. The number of amides is 1. The van der Waals surface area contributed by atoms with Crippen LogP contribution in [-0.4, -0.2) is 51.8 Å². The van der Waals surface area contributed by atoms with Gasteiger partial charge in [0.05, 0.1) is 0 Å². The molecule has 6 nitrogen and oxygen atoms in total. The first-order valence-corrected chi connectivity index (χ1v) is 9.11. The number of hydrogen-bond acceptors (Lipinski definition) is 4. The van der Waals surface area contributed by atoms with Crippen molar-refractivity contribution in [3.05, 3.63) is 78.6 Å². The Morgan fingerprint density at radius 2 is 1.59 bits per heavy atom. The van der Waals surface area contributed by atoms with Gasteiger partial charge in [-0.25, -0.2) is 4.79 Å². The average molecular weight is 362 g/mol. The molecule has 27 heavy (non-hydrogen) atoms. The highest BCUT2D eigenvalue weighted by atomic mass is 16.5. The topological polar surface area (TPSA) is 50.6 Å². The van der Waals surface area contributed by atoms with Crippen LogP contribution < -0.4 is 4.74 Å². The molecule has 2 aromatic carbocycles. The summed E-state index contributed by atoms with van der Waals surface area (Å²) in [7, 11) is 0. The molecule has 2 heterocycles. The zero-order chi connectivity index (χ0) is 18.5. The highest BCUT2D eigenvalue weighted by Gasteiger charge is 2.22. The third-order valence-corrected chi connectivity index (χ3v) is 4.65. The Morgan fingerprint density at radius 3 is 2.26 bits per heavy atom. The maximum atomic E-state index is 12.3. The van der Waals surface area contributed by atoms with Crippen molar-refractivity contribution in [2.24, 2.45) is 0 Å². The minimum absolute atomic E-state index is 0.0536. The molecule has 0 spiro atoms. The largest absolute Gasteiger partial charge is 0.457 e. The summed E-state index contributed by atoms with van der Waals surface area (Å²) in [5, 5.41) is 4.02. The van der Waals surface area contributed by atoms with Crippen LogP contribution in [0.15, 0.2) is 73.1 Å². The first-order chi connectivity index (χ1) is 13.3. The van der Waals surface area contributed by atoms with Crippen molar-refractivity contribution in [1.82, 2.24) is 19.6 Å². The number of rotatable bonds is 4. The van der Waals surface area contributed by atoms with E-state index < -0.39 is 0 Å². The van der Waals surface area contributed by atoms with Gasteiger partial charge in [-0.15, -0.1) is 0 Å². The van der Waals surface area contributed by atoms with Crippen LogP contribution in [0.2, 0.25) is 0 Å². The SMILES string of the molecule is O=C(N1CCN(Cc2ccc(Oc3ccccc3)cc2)CC1)n1cccn1. The molecule has 0 unspecified atom stereocenters. The number of nitrogens with zero attached hydrogens (tertiary/aromatic N) is 4. The number of benzene rings is 2. The summed E-state index contributed by atoms with van der Waals surface area (Å²) in [6.45, 7) is 4.02. The van der Waals surface area contributed by atoms with E-state index in [0.717, 1.165) is 31.1 Å². The summed E-state index contributed by atoms with van der Waals surface area (Å²) in [4.78, 5) is 16.5. The zero-order valence-electron chi connectivity index (χ0n) is 15.1. The number of aromatic nitrogens is 2. The molecule has 0 saturated carbocycles. The second-order valence-electron chi connectivity index (χ2n) is 6.56. The molecule has 1 aromatic heterocycles. The fourth-order valence-electron chi connectivity index (χ4n) is 3.17. The van der Waals surface area contributed by atoms with Crippen molar-refractivity contribution in [3.63, 3.8) is 0 Å². The van der Waals surface area contributed by atoms with Gasteiger partial charge in [-0.1, -0.05) is 30.3 Å². The lowest BCUT2D eigenvalue weighted by Gasteiger charge is -2.34. The van der Waals surface area contributed by atoms with Crippen LogP contribution in [0, 0.1) is 0 Å². The van der Waals surface area contributed by atoms with Crippen LogP contribution in [0.4, 0.5) is 4.79 Å². The Bertz CT molecular complexity index is 855. The van der Waals surface area contributed by atoms with Gasteiger partial charge in [0, 0.05) is 45.1 Å². The average Bonchev–Trinajstić information content (AvgIpc) is 3.25. The molecule has 1 aliphatic heterocycles. The molecule has 1 aliphatic rings. The van der Waals surface area contributed by atoms with E-state index in [-0.39, 0.29) is 6.03 Å². The Balaban J connectivity index is 1.28. The van der Waals surface area contributed by atoms with Gasteiger partial charge in [-0.3, -0.25) is 4.90 Å². The van der Waals surface area contributed by atoms with E-state index in [1.165, 1.54) is 10.2 Å². The predicted octanol–water partition coefficient (Wildman–Crippen LogP) is 3.46. The van der Waals surface area contributed by atoms with Gasteiger partial charge in [-0.2, -0.15) is 9.78 Å². The van der Waals surface area contributed by atoms with Crippen molar-refractivity contribution in [2.75, 3.05) is 26.2 Å². The number of ether oxygens (including phenoxy) is 1. The van der Waals surface area contributed by atoms with Gasteiger partial charge < -0.3 is 9.64 Å². The highest BCUT2D eigenvalue weighted by Crippen LogP contribution is 2.21. The molecule has 0 bridgehead atoms. The Labute approximate surface area is 158 Å². The van der Waals surface area contributed by atoms with Crippen LogP contribution in [0.1, 0.15) is 5.56 Å². The van der Waals surface area contributed by atoms with E-state index in [2.05, 4.69) is 22.1 Å². The fourth-order valence-corrected chi connectivity index (χ4v) is 3.17. The standard InChI is InChI=1S/C21H22N4O2/c26-21(25-12-4-11-22-25)24-15-13-23(14-16-24)17-18-7-9-20(10-8-18)27-19-5-2-1-3-6-19/h1-12H,13-17H2. The number of para-hydroxylation sites is 1. The molecule has 1 saturated heterocycles. The number of carbonyl (C=O) groups excluding carboxylic acids is 1. The number of piperazine rings is 1. The molecule has 0 N–H and O–H groups in total. The van der Waals surface area contributed by atoms with Gasteiger partial charge in [0.1, 0.15) is 11.5 Å². The fraction of sp³-hybridized carbons (Fsp3) is 0.238. The zero-order valence-corrected chi connectivity index (χ0v) is 15.1. The van der Waals surface area contributed by atoms with E-state index in [4.69, 9.17) is 4.74 Å². The number of carbonyl (C=O) groups is 1. The van der Waals surface area contributed by atoms with Crippen LogP contribution in [-0.2, 0) is 6.54 Å². The summed E-state index contributed by atoms with van der Waals surface area (Å²) in [5.74, 6) is 1.67. The Kier molecular flexibility index (Phi) is 5.16. The van der Waals surface area contributed by atoms with Crippen molar-refractivity contribution >= 4 is 6.03 Å². The van der Waals surface area contributed by atoms with E-state index in [0.29, 0.717) is 13.1 Å². The minimum Gasteiger partial charge on any atom is -0.457 e. The van der Waals surface area contributed by atoms with Crippen LogP contribution >= 0.6 is 0 Å². The van der Waals surface area contributed by atoms with Crippen molar-refractivity contribution in [2.45, 2.75) is 6.54 Å². The Hall–Kier alpha value is -3.12. The first-order valence-electron chi connectivity index (χ1n) is 9.11. The van der Waals surface area contributed by atoms with E-state index in [1.807, 2.05) is 47.4 Å². The monoisotopic (exact) mass is 362 g/mol. The smallest absolute Gasteiger partial charge is 0.344 e. The summed E-state index contributed by atoms with van der Waals surface area (Å²) < 4.78 is 7.22. The quantitative estimate of drug-likeness (QED) is 0.713. The first kappa shape index (κ1) is 17.3. The van der Waals surface area contributed by atoms with Crippen molar-refractivity contribution in [1.29, 1.82) is 0 Å². The van der Waals surface area contributed by atoms with Gasteiger partial charge in [-0.05, 0) is 35.9 Å². The van der Waals surface area contributed by atoms with E-state index in [9.17, 15) is 4.79 Å². The molecule has 3 aromatic rings.